The number of aliphatic carboxylic acids is 1. The van der Waals surface area contributed by atoms with Gasteiger partial charge in [-0.25, -0.2) is 0 Å². The number of esters is 2. The Bertz CT molecular complexity index is 1900. The summed E-state index contributed by atoms with van der Waals surface area (Å²) in [4.78, 5) is 37.6. The Morgan fingerprint density at radius 3 is 0.914 bits per heavy atom. The first-order valence-corrected chi connectivity index (χ1v) is 39.0. The van der Waals surface area contributed by atoms with Gasteiger partial charge < -0.3 is 33.3 Å². The van der Waals surface area contributed by atoms with E-state index in [1.165, 1.54) is 218 Å². The lowest BCUT2D eigenvalue weighted by molar-refractivity contribution is -0.870. The zero-order valence-corrected chi connectivity index (χ0v) is 61.4. The molecule has 0 aliphatic carbocycles. The van der Waals surface area contributed by atoms with Crippen molar-refractivity contribution in [2.45, 2.75) is 360 Å². The number of rotatable bonds is 72. The lowest BCUT2D eigenvalue weighted by Crippen LogP contribution is -2.44. The minimum Gasteiger partial charge on any atom is -0.545 e. The smallest absolute Gasteiger partial charge is 0.306 e. The molecule has 2 atom stereocenters. The maximum Gasteiger partial charge on any atom is 0.306 e. The number of quaternary nitrogens is 1. The fourth-order valence-corrected chi connectivity index (χ4v) is 11.1. The maximum atomic E-state index is 13.0. The number of carbonyl (C=O) groups excluding carboxylic acids is 3. The molecule has 0 heterocycles. The van der Waals surface area contributed by atoms with Gasteiger partial charge in [0.05, 0.1) is 40.3 Å². The number of unbranched alkanes of at least 4 members (excludes halogenated alkanes) is 39. The Morgan fingerprint density at radius 2 is 0.613 bits per heavy atom. The summed E-state index contributed by atoms with van der Waals surface area (Å²) in [6.07, 6.45) is 101. The van der Waals surface area contributed by atoms with Crippen LogP contribution in [0.4, 0.5) is 0 Å². The summed E-state index contributed by atoms with van der Waals surface area (Å²) < 4.78 is 22.8. The molecule has 0 N–H and O–H groups in total. The van der Waals surface area contributed by atoms with Crippen molar-refractivity contribution in [1.82, 2.24) is 0 Å². The fraction of sp³-hybridized carbons (Fsp3) is 0.750. The third-order valence-electron chi connectivity index (χ3n) is 17.0. The van der Waals surface area contributed by atoms with Crippen molar-refractivity contribution in [3.63, 3.8) is 0 Å². The highest BCUT2D eigenvalue weighted by atomic mass is 16.7. The van der Waals surface area contributed by atoms with Crippen LogP contribution in [-0.2, 0) is 33.3 Å². The van der Waals surface area contributed by atoms with Crippen molar-refractivity contribution >= 4 is 17.9 Å². The Labute approximate surface area is 575 Å². The molecule has 536 valence electrons. The van der Waals surface area contributed by atoms with Gasteiger partial charge in [0, 0.05) is 12.8 Å². The van der Waals surface area contributed by atoms with Crippen LogP contribution in [0.2, 0.25) is 0 Å². The van der Waals surface area contributed by atoms with Crippen LogP contribution < -0.4 is 5.11 Å². The van der Waals surface area contributed by atoms with Gasteiger partial charge in [0.15, 0.2) is 12.4 Å². The van der Waals surface area contributed by atoms with Crippen molar-refractivity contribution < 1.29 is 42.9 Å². The van der Waals surface area contributed by atoms with Crippen molar-refractivity contribution in [3.8, 4) is 0 Å². The SMILES string of the molecule is CC/C=C\C/C=C\C/C=C\C/C=C\C/C=C\C/C=C\C/C=C\CCCCCCCCCC(=O)OC(COC(=O)CCCCCCCCCCCCCCCCCCCCCCCCCCCCC/C=C\C/C=C\CCCCCCC)COC(OCC[N+](C)(C)C)C(=O)[O-]. The van der Waals surface area contributed by atoms with Crippen LogP contribution in [0.5, 0.6) is 0 Å². The molecule has 0 rings (SSSR count). The molecule has 0 aromatic carbocycles. The fourth-order valence-electron chi connectivity index (χ4n) is 11.1. The second-order valence-corrected chi connectivity index (χ2v) is 27.3. The van der Waals surface area contributed by atoms with Crippen LogP contribution in [0.15, 0.2) is 109 Å². The van der Waals surface area contributed by atoms with Gasteiger partial charge in [0.2, 0.25) is 0 Å². The number of nitrogens with zero attached hydrogens (tertiary/aromatic N) is 1. The van der Waals surface area contributed by atoms with Gasteiger partial charge in [-0.3, -0.25) is 9.59 Å². The van der Waals surface area contributed by atoms with Crippen LogP contribution in [0.1, 0.15) is 348 Å². The second kappa shape index (κ2) is 73.8. The molecule has 9 heteroatoms. The summed E-state index contributed by atoms with van der Waals surface area (Å²) in [5, 5.41) is 11.8. The summed E-state index contributed by atoms with van der Waals surface area (Å²) in [5.41, 5.74) is 0. The number of hydrogen-bond donors (Lipinski definition) is 0. The van der Waals surface area contributed by atoms with Gasteiger partial charge in [-0.2, -0.15) is 0 Å². The van der Waals surface area contributed by atoms with Gasteiger partial charge >= 0.3 is 11.9 Å². The first-order chi connectivity index (χ1) is 45.6. The molecule has 0 fully saturated rings. The summed E-state index contributed by atoms with van der Waals surface area (Å²) >= 11 is 0. The second-order valence-electron chi connectivity index (χ2n) is 27.3. The van der Waals surface area contributed by atoms with Gasteiger partial charge in [0.25, 0.3) is 0 Å². The molecule has 0 spiro atoms. The summed E-state index contributed by atoms with van der Waals surface area (Å²) in [6.45, 7) is 4.64. The molecule has 2 unspecified atom stereocenters. The zero-order chi connectivity index (χ0) is 67.5. The average molecular weight is 1300 g/mol. The van der Waals surface area contributed by atoms with Crippen LogP contribution in [0.3, 0.4) is 0 Å². The molecule has 0 amide bonds. The van der Waals surface area contributed by atoms with E-state index in [9.17, 15) is 19.5 Å². The highest BCUT2D eigenvalue weighted by Crippen LogP contribution is 2.18. The Balaban J connectivity index is 4.03. The van der Waals surface area contributed by atoms with Gasteiger partial charge in [-0.15, -0.1) is 0 Å². The monoisotopic (exact) mass is 1300 g/mol. The summed E-state index contributed by atoms with van der Waals surface area (Å²) in [5.74, 6) is -2.29. The minimum absolute atomic E-state index is 0.142. The van der Waals surface area contributed by atoms with E-state index in [-0.39, 0.29) is 38.6 Å². The molecule has 0 aliphatic heterocycles. The highest BCUT2D eigenvalue weighted by Gasteiger charge is 2.22. The summed E-state index contributed by atoms with van der Waals surface area (Å²) in [6, 6.07) is 0. The average Bonchev–Trinajstić information content (AvgIpc) is 3.74. The molecule has 0 aromatic heterocycles. The third kappa shape index (κ3) is 75.2. The molecule has 0 aromatic rings. The predicted molar refractivity (Wildman–Crippen MR) is 398 cm³/mol. The molecular formula is C84H147NO8. The van der Waals surface area contributed by atoms with Gasteiger partial charge in [0.1, 0.15) is 13.2 Å². The number of likely N-dealkylation sites (N-methyl/N-ethyl adjacent to an activating group) is 1. The van der Waals surface area contributed by atoms with Crippen LogP contribution >= 0.6 is 0 Å². The van der Waals surface area contributed by atoms with E-state index in [0.29, 0.717) is 17.4 Å². The molecular weight excluding hydrogens is 1150 g/mol. The Morgan fingerprint density at radius 1 is 0.333 bits per heavy atom. The van der Waals surface area contributed by atoms with E-state index in [1.54, 1.807) is 0 Å². The number of ether oxygens (including phenoxy) is 4. The first kappa shape index (κ1) is 89.0. The molecule has 0 saturated heterocycles. The molecule has 93 heavy (non-hydrogen) atoms. The Kier molecular flexibility index (Phi) is 70.5. The Hall–Kier alpha value is -4.05. The molecule has 0 radical (unpaired) electrons. The van der Waals surface area contributed by atoms with Crippen LogP contribution in [-0.4, -0.2) is 82.3 Å². The molecule has 0 saturated carbocycles. The van der Waals surface area contributed by atoms with Gasteiger partial charge in [-0.1, -0.05) is 342 Å². The maximum absolute atomic E-state index is 13.0. The number of allylic oxidation sites excluding steroid dienone is 18. The third-order valence-corrected chi connectivity index (χ3v) is 17.0. The largest absolute Gasteiger partial charge is 0.545 e. The van der Waals surface area contributed by atoms with Crippen molar-refractivity contribution in [3.05, 3.63) is 109 Å². The van der Waals surface area contributed by atoms with Crippen LogP contribution in [0, 0.1) is 0 Å². The predicted octanol–water partition coefficient (Wildman–Crippen LogP) is 23.6. The van der Waals surface area contributed by atoms with E-state index >= 15 is 0 Å². The van der Waals surface area contributed by atoms with E-state index < -0.39 is 24.3 Å². The minimum atomic E-state index is -1.63. The lowest BCUT2D eigenvalue weighted by Gasteiger charge is -2.26. The van der Waals surface area contributed by atoms with E-state index in [4.69, 9.17) is 18.9 Å². The van der Waals surface area contributed by atoms with E-state index in [1.807, 2.05) is 21.1 Å². The number of hydrogen-bond acceptors (Lipinski definition) is 8. The van der Waals surface area contributed by atoms with Gasteiger partial charge in [-0.05, 0) is 103 Å². The number of carboxylic acids is 1. The lowest BCUT2D eigenvalue weighted by atomic mass is 10.0. The van der Waals surface area contributed by atoms with E-state index in [0.717, 1.165) is 96.3 Å². The molecule has 9 nitrogen and oxygen atoms in total. The molecule has 0 aliphatic rings. The van der Waals surface area contributed by atoms with Crippen molar-refractivity contribution in [1.29, 1.82) is 0 Å². The number of carbonyl (C=O) groups is 3. The van der Waals surface area contributed by atoms with Crippen molar-refractivity contribution in [2.75, 3.05) is 47.5 Å². The van der Waals surface area contributed by atoms with Crippen molar-refractivity contribution in [2.24, 2.45) is 0 Å². The zero-order valence-electron chi connectivity index (χ0n) is 61.4. The topological polar surface area (TPSA) is 111 Å². The number of carboxylic acid groups (broad SMARTS) is 1. The quantitative estimate of drug-likeness (QED) is 0.0195. The summed E-state index contributed by atoms with van der Waals surface area (Å²) in [7, 11) is 5.93. The first-order valence-electron chi connectivity index (χ1n) is 39.0. The highest BCUT2D eigenvalue weighted by molar-refractivity contribution is 5.70. The van der Waals surface area contributed by atoms with E-state index in [2.05, 4.69) is 123 Å². The normalized spacial score (nSPS) is 13.3. The molecule has 0 bridgehead atoms. The van der Waals surface area contributed by atoms with Crippen LogP contribution in [0.25, 0.3) is 0 Å². The standard InChI is InChI=1S/C84H147NO8/c1-6-8-10-12-14-16-18-20-22-24-26-28-30-32-34-36-37-38-39-40-41-42-43-44-45-47-48-50-52-54-56-58-60-62-64-66-68-70-72-74-81(86)91-78-80(79-92-84(83(88)89)90-77-76-85(3,4)5)93-82(87)75-73-71-69-67-65-63-61-59-57-55-53-51-49-46-35-33-31-29-27-25-23-21-19-17-15-13-11-9-7-2/h9,11,15,17-18,20-21,23-24,26-27,29,33,35,49,51,55,57,80,84H,6-8,10,12-14,16,19,22,25,28,30-32,34,36-48,50,52-54,56,58-79H2,1-5H3/b11-9-,17-15-,20-18-,23-21-,26-24-,29-27-,35-33-,51-49-,57-55-.